The van der Waals surface area contributed by atoms with E-state index in [-0.39, 0.29) is 11.8 Å². The van der Waals surface area contributed by atoms with Crippen molar-refractivity contribution in [1.29, 1.82) is 0 Å². The maximum absolute atomic E-state index is 13.0. The molecule has 5 nitrogen and oxygen atoms in total. The molecule has 0 fully saturated rings. The summed E-state index contributed by atoms with van der Waals surface area (Å²) in [7, 11) is 0. The maximum Gasteiger partial charge on any atom is 0.223 e. The van der Waals surface area contributed by atoms with Crippen molar-refractivity contribution in [2.45, 2.75) is 31.8 Å². The zero-order chi connectivity index (χ0) is 17.1. The molecule has 3 heterocycles. The smallest absolute Gasteiger partial charge is 0.223 e. The van der Waals surface area contributed by atoms with E-state index in [1.807, 2.05) is 47.8 Å². The van der Waals surface area contributed by atoms with E-state index in [4.69, 9.17) is 4.42 Å². The second-order valence-corrected chi connectivity index (χ2v) is 6.43. The second kappa shape index (κ2) is 6.97. The third-order valence-corrected chi connectivity index (χ3v) is 4.80. The fourth-order valence-corrected chi connectivity index (χ4v) is 3.46. The minimum atomic E-state index is -0.0585. The quantitative estimate of drug-likeness (QED) is 0.734. The molecule has 5 heteroatoms. The van der Waals surface area contributed by atoms with E-state index in [9.17, 15) is 4.79 Å². The Hall–Kier alpha value is -2.82. The number of aromatic nitrogens is 2. The summed E-state index contributed by atoms with van der Waals surface area (Å²) in [5.41, 5.74) is 2.20. The molecule has 0 spiro atoms. The van der Waals surface area contributed by atoms with Gasteiger partial charge in [0.25, 0.3) is 0 Å². The minimum Gasteiger partial charge on any atom is -0.469 e. The predicted molar refractivity (Wildman–Crippen MR) is 93.9 cm³/mol. The third-order valence-electron chi connectivity index (χ3n) is 4.80. The summed E-state index contributed by atoms with van der Waals surface area (Å²) in [5.74, 6) is 0.927. The molecule has 1 unspecified atom stereocenters. The van der Waals surface area contributed by atoms with Crippen LogP contribution in [0.1, 0.15) is 35.8 Å². The molecule has 25 heavy (non-hydrogen) atoms. The summed E-state index contributed by atoms with van der Waals surface area (Å²) in [6.45, 7) is 2.32. The average molecular weight is 335 g/mol. The molecule has 128 valence electrons. The topological polar surface area (TPSA) is 51.3 Å². The van der Waals surface area contributed by atoms with Crippen LogP contribution in [0.3, 0.4) is 0 Å². The molecule has 4 rings (SSSR count). The van der Waals surface area contributed by atoms with Gasteiger partial charge in [-0.15, -0.1) is 0 Å². The van der Waals surface area contributed by atoms with E-state index in [1.165, 1.54) is 0 Å². The fraction of sp³-hybridized carbons (Fsp3) is 0.300. The first-order chi connectivity index (χ1) is 12.3. The maximum atomic E-state index is 13.0. The molecule has 1 amide bonds. The highest BCUT2D eigenvalue weighted by Gasteiger charge is 2.25. The van der Waals surface area contributed by atoms with Crippen LogP contribution < -0.4 is 0 Å². The molecule has 0 radical (unpaired) electrons. The van der Waals surface area contributed by atoms with Gasteiger partial charge in [0.2, 0.25) is 5.91 Å². The normalized spacial score (nSPS) is 15.4. The lowest BCUT2D eigenvalue weighted by Gasteiger charge is -2.23. The molecule has 1 aliphatic rings. The SMILES string of the molecule is O=C(CC(c1ccccc1)c1ccco1)N1CCCn2cncc2C1. The Morgan fingerprint density at radius 2 is 2.04 bits per heavy atom. The number of amides is 1. The summed E-state index contributed by atoms with van der Waals surface area (Å²) in [4.78, 5) is 19.2. The van der Waals surface area contributed by atoms with Gasteiger partial charge in [-0.05, 0) is 24.1 Å². The van der Waals surface area contributed by atoms with Crippen LogP contribution >= 0.6 is 0 Å². The number of rotatable bonds is 4. The van der Waals surface area contributed by atoms with Gasteiger partial charge in [0.05, 0.1) is 30.7 Å². The molecule has 3 aromatic rings. The van der Waals surface area contributed by atoms with Crippen LogP contribution in [0.5, 0.6) is 0 Å². The number of hydrogen-bond acceptors (Lipinski definition) is 3. The van der Waals surface area contributed by atoms with Crippen LogP contribution in [-0.2, 0) is 17.9 Å². The van der Waals surface area contributed by atoms with E-state index in [1.54, 1.807) is 6.26 Å². The number of furan rings is 1. The number of aryl methyl sites for hydroxylation is 1. The van der Waals surface area contributed by atoms with Gasteiger partial charge in [0.1, 0.15) is 5.76 Å². The second-order valence-electron chi connectivity index (χ2n) is 6.43. The zero-order valence-corrected chi connectivity index (χ0v) is 14.0. The molecule has 0 saturated heterocycles. The predicted octanol–water partition coefficient (Wildman–Crippen LogP) is 3.43. The van der Waals surface area contributed by atoms with E-state index in [0.717, 1.165) is 36.5 Å². The average Bonchev–Trinajstić information content (AvgIpc) is 3.28. The van der Waals surface area contributed by atoms with Crippen molar-refractivity contribution in [2.24, 2.45) is 0 Å². The van der Waals surface area contributed by atoms with Crippen molar-refractivity contribution < 1.29 is 9.21 Å². The molecule has 0 saturated carbocycles. The van der Waals surface area contributed by atoms with Crippen molar-refractivity contribution in [3.05, 3.63) is 78.3 Å². The molecule has 0 bridgehead atoms. The van der Waals surface area contributed by atoms with Crippen molar-refractivity contribution in [1.82, 2.24) is 14.5 Å². The van der Waals surface area contributed by atoms with E-state index in [2.05, 4.69) is 21.7 Å². The van der Waals surface area contributed by atoms with Crippen LogP contribution in [0, 0.1) is 0 Å². The summed E-state index contributed by atoms with van der Waals surface area (Å²) in [5, 5.41) is 0. The van der Waals surface area contributed by atoms with Crippen LogP contribution in [0.25, 0.3) is 0 Å². The molecule has 0 aliphatic carbocycles. The van der Waals surface area contributed by atoms with Gasteiger partial charge in [-0.25, -0.2) is 4.98 Å². The Morgan fingerprint density at radius 3 is 2.84 bits per heavy atom. The lowest BCUT2D eigenvalue weighted by atomic mass is 9.92. The number of imidazole rings is 1. The van der Waals surface area contributed by atoms with Gasteiger partial charge in [-0.2, -0.15) is 0 Å². The summed E-state index contributed by atoms with van der Waals surface area (Å²) >= 11 is 0. The van der Waals surface area contributed by atoms with Gasteiger partial charge >= 0.3 is 0 Å². The van der Waals surface area contributed by atoms with Gasteiger partial charge in [-0.1, -0.05) is 30.3 Å². The standard InChI is InChI=1S/C20H21N3O2/c24-20(22-9-5-10-23-15-21-13-17(23)14-22)12-18(19-8-4-11-25-19)16-6-2-1-3-7-16/h1-4,6-8,11,13,15,18H,5,9-10,12,14H2. The molecular formula is C20H21N3O2. The van der Waals surface area contributed by atoms with Gasteiger partial charge in [-0.3, -0.25) is 4.79 Å². The minimum absolute atomic E-state index is 0.0585. The summed E-state index contributed by atoms with van der Waals surface area (Å²) in [6.07, 6.45) is 6.73. The fourth-order valence-electron chi connectivity index (χ4n) is 3.46. The zero-order valence-electron chi connectivity index (χ0n) is 14.0. The van der Waals surface area contributed by atoms with Gasteiger partial charge in [0, 0.05) is 25.7 Å². The Bertz CT molecular complexity index is 824. The highest BCUT2D eigenvalue weighted by Crippen LogP contribution is 2.29. The summed E-state index contributed by atoms with van der Waals surface area (Å²) < 4.78 is 7.76. The van der Waals surface area contributed by atoms with E-state index >= 15 is 0 Å². The lowest BCUT2D eigenvalue weighted by Crippen LogP contribution is -2.31. The first-order valence-electron chi connectivity index (χ1n) is 8.66. The number of benzene rings is 1. The van der Waals surface area contributed by atoms with Crippen LogP contribution in [0.2, 0.25) is 0 Å². The van der Waals surface area contributed by atoms with Crippen molar-refractivity contribution in [2.75, 3.05) is 6.54 Å². The molecule has 2 aromatic heterocycles. The van der Waals surface area contributed by atoms with Crippen LogP contribution in [0.15, 0.2) is 65.7 Å². The number of carbonyl (C=O) groups excluding carboxylic acids is 1. The van der Waals surface area contributed by atoms with Gasteiger partial charge in [0.15, 0.2) is 0 Å². The molecule has 1 aromatic carbocycles. The monoisotopic (exact) mass is 335 g/mol. The Labute approximate surface area is 146 Å². The summed E-state index contributed by atoms with van der Waals surface area (Å²) in [6, 6.07) is 13.9. The van der Waals surface area contributed by atoms with E-state index in [0.29, 0.717) is 13.0 Å². The first kappa shape index (κ1) is 15.7. The molecule has 1 aliphatic heterocycles. The Balaban J connectivity index is 1.55. The molecule has 0 N–H and O–H groups in total. The number of nitrogens with zero attached hydrogens (tertiary/aromatic N) is 3. The first-order valence-corrected chi connectivity index (χ1v) is 8.66. The van der Waals surface area contributed by atoms with Crippen molar-refractivity contribution in [3.63, 3.8) is 0 Å². The largest absolute Gasteiger partial charge is 0.469 e. The number of hydrogen-bond donors (Lipinski definition) is 0. The van der Waals surface area contributed by atoms with Crippen molar-refractivity contribution in [3.8, 4) is 0 Å². The number of fused-ring (bicyclic) bond motifs is 1. The number of carbonyl (C=O) groups is 1. The molecular weight excluding hydrogens is 314 g/mol. The highest BCUT2D eigenvalue weighted by molar-refractivity contribution is 5.77. The lowest BCUT2D eigenvalue weighted by molar-refractivity contribution is -0.132. The highest BCUT2D eigenvalue weighted by atomic mass is 16.3. The van der Waals surface area contributed by atoms with Crippen LogP contribution in [0.4, 0.5) is 0 Å². The Kier molecular flexibility index (Phi) is 4.37. The van der Waals surface area contributed by atoms with E-state index < -0.39 is 0 Å². The third kappa shape index (κ3) is 3.36. The van der Waals surface area contributed by atoms with Gasteiger partial charge < -0.3 is 13.9 Å². The van der Waals surface area contributed by atoms with Crippen LogP contribution in [-0.4, -0.2) is 26.9 Å². The molecule has 1 atom stereocenters. The van der Waals surface area contributed by atoms with Crippen molar-refractivity contribution >= 4 is 5.91 Å². The Morgan fingerprint density at radius 1 is 1.16 bits per heavy atom.